The van der Waals surface area contributed by atoms with E-state index in [1.54, 1.807) is 37.0 Å². The number of carbonyl (C=O) groups is 1. The summed E-state index contributed by atoms with van der Waals surface area (Å²) in [5.41, 5.74) is 1.41. The molecule has 0 aliphatic rings. The molecule has 5 nitrogen and oxygen atoms in total. The van der Waals surface area contributed by atoms with E-state index in [-0.39, 0.29) is 12.1 Å². The number of likely N-dealkylation sites (N-methyl/N-ethyl adjacent to an activating group) is 2. The molecular formula is C15H28N4O. The normalized spacial score (nSPS) is 13.2. The first-order valence-corrected chi connectivity index (χ1v) is 6.75. The molecule has 0 unspecified atom stereocenters. The molecule has 2 amide bonds. The molecule has 0 saturated carbocycles. The Morgan fingerprint density at radius 1 is 1.25 bits per heavy atom. The fourth-order valence-electron chi connectivity index (χ4n) is 1.79. The predicted octanol–water partition coefficient (Wildman–Crippen LogP) is 2.42. The van der Waals surface area contributed by atoms with Crippen LogP contribution in [0.3, 0.4) is 0 Å². The van der Waals surface area contributed by atoms with Crippen LogP contribution in [0.2, 0.25) is 0 Å². The highest BCUT2D eigenvalue weighted by atomic mass is 16.2. The van der Waals surface area contributed by atoms with Crippen molar-refractivity contribution in [1.82, 2.24) is 14.7 Å². The molecule has 0 bridgehead atoms. The van der Waals surface area contributed by atoms with Gasteiger partial charge in [0.2, 0.25) is 0 Å². The Balaban J connectivity index is 4.60. The lowest BCUT2D eigenvalue weighted by Crippen LogP contribution is -2.45. The number of rotatable bonds is 6. The van der Waals surface area contributed by atoms with E-state index in [9.17, 15) is 4.79 Å². The number of urea groups is 1. The summed E-state index contributed by atoms with van der Waals surface area (Å²) in [4.78, 5) is 17.2. The second-order valence-corrected chi connectivity index (χ2v) is 5.30. The SMILES string of the molecule is C/C=C\C(=N)/C(C)=C/N(C)C[C@H](C)N(C)C(=O)N(C)C. The zero-order chi connectivity index (χ0) is 15.9. The molecular weight excluding hydrogens is 252 g/mol. The van der Waals surface area contributed by atoms with E-state index in [1.807, 2.05) is 45.0 Å². The van der Waals surface area contributed by atoms with E-state index >= 15 is 0 Å². The third kappa shape index (κ3) is 5.91. The van der Waals surface area contributed by atoms with Crippen LogP contribution in [0.5, 0.6) is 0 Å². The van der Waals surface area contributed by atoms with Crippen LogP contribution in [0.4, 0.5) is 4.79 Å². The van der Waals surface area contributed by atoms with E-state index in [4.69, 9.17) is 5.41 Å². The molecule has 0 saturated heterocycles. The van der Waals surface area contributed by atoms with Gasteiger partial charge in [-0.05, 0) is 32.4 Å². The van der Waals surface area contributed by atoms with Crippen molar-refractivity contribution >= 4 is 11.7 Å². The van der Waals surface area contributed by atoms with Crippen LogP contribution in [0.1, 0.15) is 20.8 Å². The quantitative estimate of drug-likeness (QED) is 0.760. The summed E-state index contributed by atoms with van der Waals surface area (Å²) in [6.07, 6.45) is 5.56. The summed E-state index contributed by atoms with van der Waals surface area (Å²) < 4.78 is 0. The highest BCUT2D eigenvalue weighted by molar-refractivity contribution is 6.05. The van der Waals surface area contributed by atoms with Crippen molar-refractivity contribution in [3.05, 3.63) is 23.9 Å². The van der Waals surface area contributed by atoms with Gasteiger partial charge in [0, 0.05) is 47.0 Å². The molecule has 0 fully saturated rings. The van der Waals surface area contributed by atoms with Crippen molar-refractivity contribution < 1.29 is 4.79 Å². The number of nitrogens with one attached hydrogen (secondary N) is 1. The lowest BCUT2D eigenvalue weighted by Gasteiger charge is -2.30. The minimum atomic E-state index is -0.00624. The highest BCUT2D eigenvalue weighted by Gasteiger charge is 2.17. The van der Waals surface area contributed by atoms with Crippen LogP contribution in [0.15, 0.2) is 23.9 Å². The molecule has 0 aromatic rings. The van der Waals surface area contributed by atoms with Crippen LogP contribution < -0.4 is 0 Å². The van der Waals surface area contributed by atoms with E-state index in [1.165, 1.54) is 0 Å². The van der Waals surface area contributed by atoms with Crippen molar-refractivity contribution in [3.63, 3.8) is 0 Å². The summed E-state index contributed by atoms with van der Waals surface area (Å²) >= 11 is 0. The molecule has 5 heteroatoms. The molecule has 20 heavy (non-hydrogen) atoms. The Hall–Kier alpha value is -1.78. The van der Waals surface area contributed by atoms with Crippen LogP contribution >= 0.6 is 0 Å². The first kappa shape index (κ1) is 18.2. The lowest BCUT2D eigenvalue weighted by atomic mass is 10.2. The second-order valence-electron chi connectivity index (χ2n) is 5.30. The molecule has 0 aliphatic heterocycles. The molecule has 0 rings (SSSR count). The number of hydrogen-bond donors (Lipinski definition) is 1. The second kappa shape index (κ2) is 8.40. The van der Waals surface area contributed by atoms with Gasteiger partial charge in [-0.25, -0.2) is 4.79 Å². The van der Waals surface area contributed by atoms with E-state index < -0.39 is 0 Å². The van der Waals surface area contributed by atoms with Gasteiger partial charge >= 0.3 is 6.03 Å². The minimum absolute atomic E-state index is 0.00624. The largest absolute Gasteiger partial charge is 0.378 e. The number of hydrogen-bond acceptors (Lipinski definition) is 3. The van der Waals surface area contributed by atoms with Gasteiger partial charge in [0.05, 0.1) is 5.71 Å². The molecule has 0 radical (unpaired) electrons. The maximum Gasteiger partial charge on any atom is 0.319 e. The van der Waals surface area contributed by atoms with Crippen LogP contribution in [-0.4, -0.2) is 67.2 Å². The van der Waals surface area contributed by atoms with Crippen molar-refractivity contribution in [2.24, 2.45) is 0 Å². The van der Waals surface area contributed by atoms with Gasteiger partial charge in [0.1, 0.15) is 0 Å². The Kier molecular flexibility index (Phi) is 7.65. The van der Waals surface area contributed by atoms with E-state index in [0.29, 0.717) is 5.71 Å². The summed E-state index contributed by atoms with van der Waals surface area (Å²) in [7, 11) is 7.26. The molecule has 1 atom stereocenters. The van der Waals surface area contributed by atoms with Gasteiger partial charge in [0.15, 0.2) is 0 Å². The topological polar surface area (TPSA) is 50.6 Å². The number of allylic oxidation sites excluding steroid dienone is 3. The maximum absolute atomic E-state index is 11.9. The van der Waals surface area contributed by atoms with Crippen LogP contribution in [-0.2, 0) is 0 Å². The van der Waals surface area contributed by atoms with Gasteiger partial charge < -0.3 is 20.1 Å². The zero-order valence-electron chi connectivity index (χ0n) is 13.8. The number of nitrogens with zero attached hydrogens (tertiary/aromatic N) is 3. The Morgan fingerprint density at radius 2 is 1.80 bits per heavy atom. The first-order chi connectivity index (χ1) is 9.20. The summed E-state index contributed by atoms with van der Waals surface area (Å²) in [5.74, 6) is 0. The van der Waals surface area contributed by atoms with E-state index in [0.717, 1.165) is 12.1 Å². The van der Waals surface area contributed by atoms with Crippen LogP contribution in [0.25, 0.3) is 0 Å². The third-order valence-corrected chi connectivity index (χ3v) is 3.07. The van der Waals surface area contributed by atoms with E-state index in [2.05, 4.69) is 0 Å². The standard InChI is InChI=1S/C15H28N4O/c1-8-9-14(16)12(2)10-18(6)11-13(3)19(7)15(20)17(4)5/h8-10,13,16H,11H2,1-7H3/b9-8-,12-10+,16-14?/t13-/m0/s1. The number of amides is 2. The Bertz CT molecular complexity index is 399. The molecule has 0 aromatic heterocycles. The van der Waals surface area contributed by atoms with Gasteiger partial charge in [-0.1, -0.05) is 6.08 Å². The summed E-state index contributed by atoms with van der Waals surface area (Å²) in [5, 5.41) is 7.83. The monoisotopic (exact) mass is 280 g/mol. The Labute approximate surface area is 123 Å². The van der Waals surface area contributed by atoms with Crippen molar-refractivity contribution in [2.45, 2.75) is 26.8 Å². The number of carbonyl (C=O) groups excluding carboxylic acids is 1. The van der Waals surface area contributed by atoms with Crippen molar-refractivity contribution in [2.75, 3.05) is 34.7 Å². The molecule has 0 heterocycles. The molecule has 1 N–H and O–H groups in total. The molecule has 0 spiro atoms. The minimum Gasteiger partial charge on any atom is -0.378 e. The average molecular weight is 280 g/mol. The lowest BCUT2D eigenvalue weighted by molar-refractivity contribution is 0.159. The third-order valence-electron chi connectivity index (χ3n) is 3.07. The average Bonchev–Trinajstić information content (AvgIpc) is 2.36. The first-order valence-electron chi connectivity index (χ1n) is 6.75. The summed E-state index contributed by atoms with van der Waals surface area (Å²) in [6, 6.07) is 0.0862. The predicted molar refractivity (Wildman–Crippen MR) is 85.2 cm³/mol. The van der Waals surface area contributed by atoms with Crippen LogP contribution in [0, 0.1) is 5.41 Å². The van der Waals surface area contributed by atoms with Crippen molar-refractivity contribution in [3.8, 4) is 0 Å². The van der Waals surface area contributed by atoms with Crippen molar-refractivity contribution in [1.29, 1.82) is 5.41 Å². The van der Waals surface area contributed by atoms with Gasteiger partial charge in [-0.15, -0.1) is 0 Å². The fraction of sp³-hybridized carbons (Fsp3) is 0.600. The molecule has 0 aromatic carbocycles. The smallest absolute Gasteiger partial charge is 0.319 e. The molecule has 114 valence electrons. The fourth-order valence-corrected chi connectivity index (χ4v) is 1.79. The summed E-state index contributed by atoms with van der Waals surface area (Å²) in [6.45, 7) is 6.54. The van der Waals surface area contributed by atoms with Gasteiger partial charge in [-0.3, -0.25) is 0 Å². The Morgan fingerprint density at radius 3 is 2.25 bits per heavy atom. The zero-order valence-corrected chi connectivity index (χ0v) is 13.8. The highest BCUT2D eigenvalue weighted by Crippen LogP contribution is 2.04. The maximum atomic E-state index is 11.9. The van der Waals surface area contributed by atoms with Gasteiger partial charge in [-0.2, -0.15) is 0 Å². The molecule has 0 aliphatic carbocycles. The van der Waals surface area contributed by atoms with Gasteiger partial charge in [0.25, 0.3) is 0 Å².